The Morgan fingerprint density at radius 2 is 1.75 bits per heavy atom. The number of halogens is 4. The third-order valence-electron chi connectivity index (χ3n) is 11.5. The number of anilines is 1. The number of hydrogen-bond donors (Lipinski definition) is 4. The molecule has 0 atom stereocenters. The number of piperidine rings is 1. The number of carboxylic acid groups (broad SMARTS) is 1. The van der Waals surface area contributed by atoms with E-state index < -0.39 is 23.7 Å². The van der Waals surface area contributed by atoms with Crippen molar-refractivity contribution in [3.8, 4) is 17.1 Å². The van der Waals surface area contributed by atoms with Gasteiger partial charge in [-0.2, -0.15) is 23.4 Å². The lowest BCUT2D eigenvalue weighted by Crippen LogP contribution is -2.62. The van der Waals surface area contributed by atoms with Gasteiger partial charge in [-0.05, 0) is 30.3 Å². The molecule has 5 aromatic rings. The van der Waals surface area contributed by atoms with Crippen LogP contribution in [-0.2, 0) is 22.8 Å². The number of carboxylic acids is 1. The van der Waals surface area contributed by atoms with E-state index in [9.17, 15) is 37.5 Å². The van der Waals surface area contributed by atoms with Gasteiger partial charge in [0.05, 0.1) is 59.4 Å². The molecule has 59 heavy (non-hydrogen) atoms. The Kier molecular flexibility index (Phi) is 10.6. The van der Waals surface area contributed by atoms with E-state index in [1.807, 2.05) is 0 Å². The van der Waals surface area contributed by atoms with Crippen molar-refractivity contribution in [2.45, 2.75) is 19.0 Å². The van der Waals surface area contributed by atoms with E-state index >= 15 is 0 Å². The minimum atomic E-state index is -4.84. The Hall–Kier alpha value is -5.86. The molecular formula is C38H41ClF3N12O5+. The summed E-state index contributed by atoms with van der Waals surface area (Å²) < 4.78 is 45.4. The number of carbonyl (C=O) groups is 4. The van der Waals surface area contributed by atoms with E-state index in [-0.39, 0.29) is 63.5 Å². The van der Waals surface area contributed by atoms with Crippen molar-refractivity contribution < 1.29 is 41.9 Å². The Labute approximate surface area is 339 Å². The van der Waals surface area contributed by atoms with Crippen LogP contribution in [0.1, 0.15) is 39.5 Å². The predicted molar refractivity (Wildman–Crippen MR) is 207 cm³/mol. The fourth-order valence-corrected chi connectivity index (χ4v) is 8.56. The van der Waals surface area contributed by atoms with Crippen molar-refractivity contribution in [2.24, 2.45) is 18.9 Å². The summed E-state index contributed by atoms with van der Waals surface area (Å²) in [5.74, 6) is -1.66. The average molecular weight is 838 g/mol. The topological polar surface area (TPSA) is 196 Å². The van der Waals surface area contributed by atoms with Crippen molar-refractivity contribution in [3.63, 3.8) is 0 Å². The number of aromatic nitrogens is 7. The first kappa shape index (κ1) is 39.9. The van der Waals surface area contributed by atoms with Crippen LogP contribution in [0.4, 0.5) is 18.9 Å². The van der Waals surface area contributed by atoms with Crippen LogP contribution in [0.2, 0.25) is 5.02 Å². The van der Waals surface area contributed by atoms with Gasteiger partial charge in [-0.15, -0.1) is 0 Å². The summed E-state index contributed by atoms with van der Waals surface area (Å²) in [6.07, 6.45) is 0.168. The van der Waals surface area contributed by atoms with Crippen LogP contribution in [0.25, 0.3) is 28.1 Å². The maximum absolute atomic E-state index is 14.2. The zero-order valence-electron chi connectivity index (χ0n) is 31.9. The maximum atomic E-state index is 14.2. The highest BCUT2D eigenvalue weighted by Crippen LogP contribution is 2.37. The largest absolute Gasteiger partial charge is 0.477 e. The third-order valence-corrected chi connectivity index (χ3v) is 11.9. The van der Waals surface area contributed by atoms with Gasteiger partial charge in [-0.3, -0.25) is 19.5 Å². The molecule has 7 heterocycles. The Bertz CT molecular complexity index is 2430. The molecule has 1 aromatic carbocycles. The normalized spacial score (nSPS) is 20.1. The number of nitrogens with one attached hydrogen (secondary N) is 3. The number of benzene rings is 1. The summed E-state index contributed by atoms with van der Waals surface area (Å²) in [7, 11) is 1.41. The number of imidazole rings is 1. The maximum Gasteiger partial charge on any atom is 0.435 e. The number of carbonyl (C=O) groups excluding carboxylic acids is 3. The van der Waals surface area contributed by atoms with Crippen LogP contribution < -0.4 is 10.6 Å². The average Bonchev–Trinajstić information content (AvgIpc) is 3.94. The van der Waals surface area contributed by atoms with Crippen LogP contribution in [0.3, 0.4) is 0 Å². The van der Waals surface area contributed by atoms with Crippen molar-refractivity contribution in [3.05, 3.63) is 71.0 Å². The number of likely N-dealkylation sites (tertiary alicyclic amines) is 1. The minimum Gasteiger partial charge on any atom is -0.477 e. The number of H-pyrrole nitrogens is 1. The lowest BCUT2D eigenvalue weighted by atomic mass is 9.90. The van der Waals surface area contributed by atoms with Crippen molar-refractivity contribution in [2.75, 3.05) is 70.8 Å². The molecule has 0 radical (unpaired) electrons. The van der Waals surface area contributed by atoms with Gasteiger partial charge in [0, 0.05) is 82.9 Å². The molecule has 3 aliphatic rings. The summed E-state index contributed by atoms with van der Waals surface area (Å²) in [6, 6.07) is 7.48. The first-order valence-corrected chi connectivity index (χ1v) is 19.5. The molecule has 3 fully saturated rings. The van der Waals surface area contributed by atoms with E-state index in [4.69, 9.17) is 11.6 Å². The van der Waals surface area contributed by atoms with Crippen molar-refractivity contribution in [1.29, 1.82) is 0 Å². The molecule has 0 unspecified atom stereocenters. The fourth-order valence-electron chi connectivity index (χ4n) is 8.30. The van der Waals surface area contributed by atoms with E-state index in [0.717, 1.165) is 30.5 Å². The molecule has 3 aliphatic heterocycles. The second-order valence-electron chi connectivity index (χ2n) is 15.4. The van der Waals surface area contributed by atoms with E-state index in [0.29, 0.717) is 73.5 Å². The summed E-state index contributed by atoms with van der Waals surface area (Å²) in [4.78, 5) is 63.9. The fraction of sp³-hybridized carbons (Fsp3) is 0.421. The third kappa shape index (κ3) is 8.11. The lowest BCUT2D eigenvalue weighted by Gasteiger charge is -2.46. The molecule has 4 aromatic heterocycles. The standard InChI is InChI=1S/C38H40ClF3N12O5/c1-50-30(26-19-53(49-33(26)38(40,41)42)31-5-4-28-29(47-31)17-45-48-28)18-44-34(50)35(57)46-24-2-3-25(27(39)14-24)37(59)52-10-8-51(9-11-52)36(58)23-6-12-54(13-7-23,21-32(55)56)20-22-15-43-16-22/h2-5,14,17-19,22-23,43H,6-13,15-16,20-21H2,1H3,(H2-,45,46,47,48,55,56,57,59)/p+1. The number of alkyl halides is 3. The highest BCUT2D eigenvalue weighted by Gasteiger charge is 2.42. The first-order valence-electron chi connectivity index (χ1n) is 19.1. The predicted octanol–water partition coefficient (Wildman–Crippen LogP) is 3.28. The molecule has 17 nitrogen and oxygen atoms in total. The number of aromatic amines is 1. The van der Waals surface area contributed by atoms with Crippen molar-refractivity contribution >= 4 is 52.0 Å². The monoisotopic (exact) mass is 837 g/mol. The number of fused-ring (bicyclic) bond motifs is 1. The van der Waals surface area contributed by atoms with Gasteiger partial charge in [0.1, 0.15) is 5.52 Å². The smallest absolute Gasteiger partial charge is 0.435 e. The Balaban J connectivity index is 0.883. The summed E-state index contributed by atoms with van der Waals surface area (Å²) >= 11 is 6.55. The van der Waals surface area contributed by atoms with Crippen LogP contribution in [-0.4, -0.2) is 143 Å². The zero-order chi connectivity index (χ0) is 41.6. The van der Waals surface area contributed by atoms with Gasteiger partial charge < -0.3 is 34.6 Å². The lowest BCUT2D eigenvalue weighted by molar-refractivity contribution is -0.929. The number of aliphatic carboxylic acids is 1. The molecule has 0 spiro atoms. The molecule has 21 heteroatoms. The molecule has 0 saturated carbocycles. The van der Waals surface area contributed by atoms with Gasteiger partial charge in [-0.1, -0.05) is 11.6 Å². The van der Waals surface area contributed by atoms with Gasteiger partial charge >= 0.3 is 12.1 Å². The molecule has 310 valence electrons. The van der Waals surface area contributed by atoms with E-state index in [1.54, 1.807) is 15.9 Å². The van der Waals surface area contributed by atoms with Gasteiger partial charge in [0.2, 0.25) is 5.91 Å². The zero-order valence-corrected chi connectivity index (χ0v) is 32.6. The Morgan fingerprint density at radius 3 is 2.41 bits per heavy atom. The minimum absolute atomic E-state index is 0.0215. The van der Waals surface area contributed by atoms with E-state index in [1.165, 1.54) is 48.3 Å². The molecule has 8 rings (SSSR count). The molecular weight excluding hydrogens is 797 g/mol. The summed E-state index contributed by atoms with van der Waals surface area (Å²) in [5.41, 5.74) is -0.0706. The van der Waals surface area contributed by atoms with Crippen LogP contribution >= 0.6 is 11.6 Å². The molecule has 0 aliphatic carbocycles. The second kappa shape index (κ2) is 15.7. The molecule has 3 saturated heterocycles. The van der Waals surface area contributed by atoms with Crippen molar-refractivity contribution in [1.82, 2.24) is 49.6 Å². The van der Waals surface area contributed by atoms with Crippen LogP contribution in [0.15, 0.2) is 48.9 Å². The van der Waals surface area contributed by atoms with Crippen LogP contribution in [0.5, 0.6) is 0 Å². The van der Waals surface area contributed by atoms with Gasteiger partial charge in [0.15, 0.2) is 23.9 Å². The number of rotatable bonds is 10. The summed E-state index contributed by atoms with van der Waals surface area (Å²) in [6.45, 7) is 5.25. The number of quaternary nitrogens is 1. The molecule has 0 bridgehead atoms. The quantitative estimate of drug-likeness (QED) is 0.152. The van der Waals surface area contributed by atoms with Gasteiger partial charge in [-0.25, -0.2) is 19.4 Å². The second-order valence-corrected chi connectivity index (χ2v) is 15.8. The number of pyridine rings is 1. The number of piperazine rings is 1. The van der Waals surface area contributed by atoms with Crippen LogP contribution in [0, 0.1) is 11.8 Å². The van der Waals surface area contributed by atoms with E-state index in [2.05, 4.69) is 35.9 Å². The summed E-state index contributed by atoms with van der Waals surface area (Å²) in [5, 5.41) is 25.9. The van der Waals surface area contributed by atoms with Gasteiger partial charge in [0.25, 0.3) is 11.8 Å². The first-order chi connectivity index (χ1) is 28.2. The number of amides is 3. The molecule has 3 amide bonds. The number of hydrogen-bond acceptors (Lipinski definition) is 9. The number of nitrogens with zero attached hydrogens (tertiary/aromatic N) is 9. The molecule has 4 N–H and O–H groups in total. The SMILES string of the molecule is Cn1c(-c2cn(-c3ccc4[nH]ncc4n3)nc2C(F)(F)F)cnc1C(=O)Nc1ccc(C(=O)N2CCN(C(=O)C3CC[N+](CC(=O)O)(CC4CNC4)CC3)CC2)c(Cl)c1. The Morgan fingerprint density at radius 1 is 1.02 bits per heavy atom. The highest BCUT2D eigenvalue weighted by atomic mass is 35.5. The highest BCUT2D eigenvalue weighted by molar-refractivity contribution is 6.34.